The van der Waals surface area contributed by atoms with Gasteiger partial charge in [-0.05, 0) is 62.6 Å². The number of nitrogens with one attached hydrogen (secondary N) is 1. The normalized spacial score (nSPS) is 13.4. The number of nitrogens with zero attached hydrogens (tertiary/aromatic N) is 2. The Kier molecular flexibility index (Phi) is 6.38. The molecule has 0 unspecified atom stereocenters. The SMILES string of the molecule is COC(=O)c1c(-n2c(C)cc(C=NNC(=O)Cc3cccs3)c2C)sc2c1CCCC2. The molecule has 0 fully saturated rings. The summed E-state index contributed by atoms with van der Waals surface area (Å²) in [7, 11) is 1.44. The van der Waals surface area contributed by atoms with Crippen molar-refractivity contribution in [1.29, 1.82) is 0 Å². The number of methoxy groups -OCH3 is 1. The third-order valence-electron chi connectivity index (χ3n) is 5.52. The smallest absolute Gasteiger partial charge is 0.341 e. The number of thiophene rings is 2. The number of rotatable bonds is 6. The number of ether oxygens (including phenoxy) is 1. The van der Waals surface area contributed by atoms with Crippen molar-refractivity contribution < 1.29 is 14.3 Å². The van der Waals surface area contributed by atoms with Crippen molar-refractivity contribution in [2.24, 2.45) is 5.10 Å². The molecular formula is C23H25N3O3S2. The predicted octanol–water partition coefficient (Wildman–Crippen LogP) is 4.58. The summed E-state index contributed by atoms with van der Waals surface area (Å²) in [6.45, 7) is 4.01. The second kappa shape index (κ2) is 9.20. The van der Waals surface area contributed by atoms with Crippen LogP contribution in [-0.4, -0.2) is 29.8 Å². The standard InChI is InChI=1S/C23H25N3O3S2/c1-14-11-16(13-24-25-20(27)12-17-7-6-10-30-17)15(2)26(14)22-21(23(28)29-3)18-8-4-5-9-19(18)31-22/h6-7,10-11,13H,4-5,8-9,12H2,1-3H3,(H,25,27). The molecule has 8 heteroatoms. The summed E-state index contributed by atoms with van der Waals surface area (Å²) in [6, 6.07) is 5.88. The fraction of sp³-hybridized carbons (Fsp3) is 0.348. The Morgan fingerprint density at radius 1 is 1.29 bits per heavy atom. The quantitative estimate of drug-likeness (QED) is 0.336. The third-order valence-corrected chi connectivity index (χ3v) is 7.68. The van der Waals surface area contributed by atoms with Gasteiger partial charge >= 0.3 is 5.97 Å². The molecule has 1 amide bonds. The molecule has 1 aliphatic carbocycles. The number of hydrogen-bond donors (Lipinski definition) is 1. The second-order valence-electron chi connectivity index (χ2n) is 7.59. The lowest BCUT2D eigenvalue weighted by molar-refractivity contribution is -0.120. The second-order valence-corrected chi connectivity index (χ2v) is 9.71. The average molecular weight is 456 g/mol. The molecule has 0 bridgehead atoms. The maximum atomic E-state index is 12.6. The molecule has 3 heterocycles. The number of esters is 1. The highest BCUT2D eigenvalue weighted by molar-refractivity contribution is 7.15. The van der Waals surface area contributed by atoms with Crippen molar-refractivity contribution in [2.45, 2.75) is 46.0 Å². The molecule has 3 aromatic heterocycles. The van der Waals surface area contributed by atoms with Crippen LogP contribution in [0.25, 0.3) is 5.00 Å². The largest absolute Gasteiger partial charge is 0.465 e. The van der Waals surface area contributed by atoms with Crippen molar-refractivity contribution in [1.82, 2.24) is 9.99 Å². The molecule has 6 nitrogen and oxygen atoms in total. The molecule has 31 heavy (non-hydrogen) atoms. The van der Waals surface area contributed by atoms with E-state index in [4.69, 9.17) is 4.74 Å². The number of hydrogen-bond acceptors (Lipinski definition) is 6. The van der Waals surface area contributed by atoms with Crippen LogP contribution in [0.3, 0.4) is 0 Å². The van der Waals surface area contributed by atoms with Gasteiger partial charge in [0.05, 0.1) is 25.3 Å². The minimum absolute atomic E-state index is 0.147. The molecular weight excluding hydrogens is 430 g/mol. The van der Waals surface area contributed by atoms with Gasteiger partial charge in [-0.2, -0.15) is 5.10 Å². The number of carbonyl (C=O) groups is 2. The van der Waals surface area contributed by atoms with Crippen LogP contribution in [0.15, 0.2) is 28.7 Å². The van der Waals surface area contributed by atoms with Gasteiger partial charge in [-0.3, -0.25) is 4.79 Å². The van der Waals surface area contributed by atoms with Gasteiger partial charge in [-0.15, -0.1) is 22.7 Å². The van der Waals surface area contributed by atoms with Crippen LogP contribution in [0.5, 0.6) is 0 Å². The summed E-state index contributed by atoms with van der Waals surface area (Å²) in [4.78, 5) is 27.0. The van der Waals surface area contributed by atoms with Gasteiger partial charge in [-0.1, -0.05) is 6.07 Å². The van der Waals surface area contributed by atoms with Gasteiger partial charge in [-0.25, -0.2) is 10.2 Å². The van der Waals surface area contributed by atoms with E-state index in [0.29, 0.717) is 12.0 Å². The molecule has 3 aromatic rings. The predicted molar refractivity (Wildman–Crippen MR) is 125 cm³/mol. The Bertz CT molecular complexity index is 1140. The third kappa shape index (κ3) is 4.36. The number of aryl methyl sites for hydroxylation is 2. The number of amides is 1. The van der Waals surface area contributed by atoms with E-state index in [2.05, 4.69) is 15.1 Å². The highest BCUT2D eigenvalue weighted by Gasteiger charge is 2.28. The minimum Gasteiger partial charge on any atom is -0.465 e. The van der Waals surface area contributed by atoms with Crippen LogP contribution in [-0.2, 0) is 28.8 Å². The van der Waals surface area contributed by atoms with Crippen LogP contribution in [0.4, 0.5) is 0 Å². The van der Waals surface area contributed by atoms with Gasteiger partial charge in [0.25, 0.3) is 0 Å². The minimum atomic E-state index is -0.280. The molecule has 4 rings (SSSR count). The van der Waals surface area contributed by atoms with Crippen LogP contribution in [0.2, 0.25) is 0 Å². The van der Waals surface area contributed by atoms with E-state index in [0.717, 1.165) is 58.1 Å². The highest BCUT2D eigenvalue weighted by atomic mass is 32.1. The van der Waals surface area contributed by atoms with E-state index >= 15 is 0 Å². The van der Waals surface area contributed by atoms with E-state index in [9.17, 15) is 9.59 Å². The molecule has 1 aliphatic rings. The number of aromatic nitrogens is 1. The van der Waals surface area contributed by atoms with Crippen molar-refractivity contribution in [3.8, 4) is 5.00 Å². The van der Waals surface area contributed by atoms with Gasteiger partial charge < -0.3 is 9.30 Å². The van der Waals surface area contributed by atoms with E-state index < -0.39 is 0 Å². The Morgan fingerprint density at radius 2 is 2.10 bits per heavy atom. The molecule has 0 saturated carbocycles. The summed E-state index contributed by atoms with van der Waals surface area (Å²) in [5.74, 6) is -0.427. The first kappa shape index (κ1) is 21.5. The van der Waals surface area contributed by atoms with Gasteiger partial charge in [0.2, 0.25) is 5.91 Å². The molecule has 162 valence electrons. The van der Waals surface area contributed by atoms with Gasteiger partial charge in [0.1, 0.15) is 5.00 Å². The van der Waals surface area contributed by atoms with E-state index in [1.54, 1.807) is 28.9 Å². The van der Waals surface area contributed by atoms with Gasteiger partial charge in [0, 0.05) is 26.7 Å². The van der Waals surface area contributed by atoms with Crippen LogP contribution in [0.1, 0.15) is 55.5 Å². The zero-order chi connectivity index (χ0) is 22.0. The lowest BCUT2D eigenvalue weighted by Gasteiger charge is -2.12. The molecule has 0 aliphatic heterocycles. The molecule has 0 aromatic carbocycles. The van der Waals surface area contributed by atoms with Gasteiger partial charge in [0.15, 0.2) is 0 Å². The van der Waals surface area contributed by atoms with Crippen LogP contribution >= 0.6 is 22.7 Å². The molecule has 0 spiro atoms. The Morgan fingerprint density at radius 3 is 2.84 bits per heavy atom. The highest BCUT2D eigenvalue weighted by Crippen LogP contribution is 2.38. The summed E-state index contributed by atoms with van der Waals surface area (Å²) >= 11 is 3.23. The first-order chi connectivity index (χ1) is 15.0. The number of fused-ring (bicyclic) bond motifs is 1. The molecule has 0 atom stereocenters. The topological polar surface area (TPSA) is 72.7 Å². The molecule has 0 saturated heterocycles. The average Bonchev–Trinajstić information content (AvgIpc) is 3.45. The Hall–Kier alpha value is -2.71. The van der Waals surface area contributed by atoms with Crippen molar-refractivity contribution in [3.63, 3.8) is 0 Å². The van der Waals surface area contributed by atoms with E-state index in [1.165, 1.54) is 12.0 Å². The van der Waals surface area contributed by atoms with E-state index in [1.807, 2.05) is 37.4 Å². The Labute approximate surface area is 189 Å². The van der Waals surface area contributed by atoms with Crippen molar-refractivity contribution in [2.75, 3.05) is 7.11 Å². The number of carbonyl (C=O) groups excluding carboxylic acids is 2. The summed E-state index contributed by atoms with van der Waals surface area (Å²) in [5, 5.41) is 7.01. The first-order valence-corrected chi connectivity index (χ1v) is 12.0. The lowest BCUT2D eigenvalue weighted by atomic mass is 9.95. The van der Waals surface area contributed by atoms with Crippen LogP contribution < -0.4 is 5.43 Å². The fourth-order valence-corrected chi connectivity index (χ4v) is 6.23. The first-order valence-electron chi connectivity index (χ1n) is 10.3. The zero-order valence-electron chi connectivity index (χ0n) is 17.9. The summed E-state index contributed by atoms with van der Waals surface area (Å²) < 4.78 is 7.23. The zero-order valence-corrected chi connectivity index (χ0v) is 19.5. The summed E-state index contributed by atoms with van der Waals surface area (Å²) in [5.41, 5.74) is 7.31. The van der Waals surface area contributed by atoms with Crippen molar-refractivity contribution >= 4 is 40.8 Å². The van der Waals surface area contributed by atoms with Crippen LogP contribution in [0, 0.1) is 13.8 Å². The van der Waals surface area contributed by atoms with Crippen molar-refractivity contribution in [3.05, 3.63) is 61.4 Å². The summed E-state index contributed by atoms with van der Waals surface area (Å²) in [6.07, 6.45) is 6.15. The molecule has 1 N–H and O–H groups in total. The maximum absolute atomic E-state index is 12.6. The fourth-order valence-electron chi connectivity index (χ4n) is 4.04. The maximum Gasteiger partial charge on any atom is 0.341 e. The monoisotopic (exact) mass is 455 g/mol. The lowest BCUT2D eigenvalue weighted by Crippen LogP contribution is -2.19. The molecule has 0 radical (unpaired) electrons. The van der Waals surface area contributed by atoms with E-state index in [-0.39, 0.29) is 11.9 Å². The Balaban J connectivity index is 1.61. The number of hydrazone groups is 1.